The minimum Gasteiger partial charge on any atom is -0.481 e. The summed E-state index contributed by atoms with van der Waals surface area (Å²) in [6.07, 6.45) is 2.46. The predicted molar refractivity (Wildman–Crippen MR) is 147 cm³/mol. The van der Waals surface area contributed by atoms with Crippen molar-refractivity contribution in [2.24, 2.45) is 11.3 Å². The fourth-order valence-corrected chi connectivity index (χ4v) is 8.12. The van der Waals surface area contributed by atoms with Crippen LogP contribution in [0.2, 0.25) is 10.0 Å². The number of carbonyl (C=O) groups is 2. The Morgan fingerprint density at radius 1 is 1.11 bits per heavy atom. The number of rotatable bonds is 9. The number of hydrogen-bond acceptors (Lipinski definition) is 4. The van der Waals surface area contributed by atoms with Crippen molar-refractivity contribution in [1.29, 1.82) is 0 Å². The number of halogens is 2. The number of carboxylic acids is 1. The third kappa shape index (κ3) is 4.85. The van der Waals surface area contributed by atoms with E-state index in [1.54, 1.807) is 30.1 Å². The van der Waals surface area contributed by atoms with E-state index >= 15 is 0 Å². The van der Waals surface area contributed by atoms with Crippen LogP contribution in [-0.2, 0) is 19.6 Å². The van der Waals surface area contributed by atoms with Crippen LogP contribution in [0.15, 0.2) is 48.5 Å². The number of hydrogen-bond donors (Lipinski definition) is 1. The highest BCUT2D eigenvalue weighted by Gasteiger charge is 2.69. The van der Waals surface area contributed by atoms with Gasteiger partial charge in [0, 0.05) is 35.6 Å². The maximum absolute atomic E-state index is 14.3. The first-order valence-electron chi connectivity index (χ1n) is 13.0. The van der Waals surface area contributed by atoms with Gasteiger partial charge in [-0.3, -0.25) is 9.59 Å². The Hall–Kier alpha value is -2.13. The SMILES string of the molecule is CCC(CN(C)S(=O)(=O)C1CC1)N1C(=O)[C@@]2(CC(c3cccc(Cl)c3)C1c1ccc(Cl)cc1)CC2C(=O)O. The standard InChI is InChI=1S/C28H32Cl2N2O5S/c1-3-21(16-31(2)38(36,37)22-11-12-22)32-25(17-7-9-19(29)10-8-17)23(18-5-4-6-20(30)13-18)14-28(27(32)35)15-24(28)26(33)34/h4-10,13,21-25H,3,11-12,14-16H2,1-2H3,(H,33,34)/t21?,23?,24?,25?,28-/m0/s1. The number of aliphatic carboxylic acids is 1. The highest BCUT2D eigenvalue weighted by molar-refractivity contribution is 7.90. The van der Waals surface area contributed by atoms with E-state index in [0.29, 0.717) is 35.7 Å². The molecule has 38 heavy (non-hydrogen) atoms. The molecule has 4 unspecified atom stereocenters. The van der Waals surface area contributed by atoms with E-state index < -0.39 is 39.4 Å². The Bertz CT molecular complexity index is 1350. The number of nitrogens with zero attached hydrogens (tertiary/aromatic N) is 2. The molecule has 0 bridgehead atoms. The fourth-order valence-electron chi connectivity index (χ4n) is 6.18. The molecule has 7 nitrogen and oxygen atoms in total. The average Bonchev–Trinajstić information content (AvgIpc) is 3.80. The second-order valence-electron chi connectivity index (χ2n) is 10.9. The number of sulfonamides is 1. The summed E-state index contributed by atoms with van der Waals surface area (Å²) in [5, 5.41) is 10.7. The summed E-state index contributed by atoms with van der Waals surface area (Å²) in [5.74, 6) is -2.20. The maximum Gasteiger partial charge on any atom is 0.307 e. The van der Waals surface area contributed by atoms with Gasteiger partial charge >= 0.3 is 5.97 Å². The first kappa shape index (κ1) is 27.4. The molecule has 5 atom stereocenters. The first-order chi connectivity index (χ1) is 18.0. The van der Waals surface area contributed by atoms with Gasteiger partial charge in [0.05, 0.1) is 22.6 Å². The van der Waals surface area contributed by atoms with E-state index in [9.17, 15) is 23.1 Å². The van der Waals surface area contributed by atoms with Crippen LogP contribution in [-0.4, -0.2) is 59.5 Å². The van der Waals surface area contributed by atoms with Crippen LogP contribution in [0.4, 0.5) is 0 Å². The summed E-state index contributed by atoms with van der Waals surface area (Å²) >= 11 is 12.6. The molecular weight excluding hydrogens is 547 g/mol. The molecule has 0 radical (unpaired) electrons. The van der Waals surface area contributed by atoms with Gasteiger partial charge in [0.25, 0.3) is 0 Å². The lowest BCUT2D eigenvalue weighted by Crippen LogP contribution is -2.56. The molecule has 0 aromatic heterocycles. The molecule has 1 aliphatic heterocycles. The largest absolute Gasteiger partial charge is 0.481 e. The van der Waals surface area contributed by atoms with Gasteiger partial charge in [0.2, 0.25) is 15.9 Å². The summed E-state index contributed by atoms with van der Waals surface area (Å²) in [7, 11) is -1.88. The summed E-state index contributed by atoms with van der Waals surface area (Å²) in [4.78, 5) is 28.2. The van der Waals surface area contributed by atoms with Gasteiger partial charge in [0.15, 0.2) is 0 Å². The Labute approximate surface area is 233 Å². The molecule has 2 saturated carbocycles. The molecule has 2 aromatic rings. The third-order valence-electron chi connectivity index (χ3n) is 8.50. The molecule has 2 aliphatic carbocycles. The number of piperidine rings is 1. The molecule has 3 fully saturated rings. The lowest BCUT2D eigenvalue weighted by atomic mass is 9.72. The van der Waals surface area contributed by atoms with Gasteiger partial charge in [-0.05, 0) is 67.5 Å². The van der Waals surface area contributed by atoms with Crippen molar-refractivity contribution in [2.45, 2.75) is 62.3 Å². The number of likely N-dealkylation sites (N-methyl/N-ethyl adjacent to an activating group) is 1. The van der Waals surface area contributed by atoms with E-state index in [2.05, 4.69) is 0 Å². The molecule has 10 heteroatoms. The maximum atomic E-state index is 14.3. The molecule has 2 aromatic carbocycles. The number of likely N-dealkylation sites (tertiary alicyclic amines) is 1. The molecular formula is C28H32Cl2N2O5S. The molecule has 5 rings (SSSR count). The summed E-state index contributed by atoms with van der Waals surface area (Å²) in [6.45, 7) is 2.08. The summed E-state index contributed by atoms with van der Waals surface area (Å²) in [5.41, 5.74) is 0.753. The number of carbonyl (C=O) groups excluding carboxylic acids is 1. The first-order valence-corrected chi connectivity index (χ1v) is 15.3. The van der Waals surface area contributed by atoms with Crippen molar-refractivity contribution in [3.63, 3.8) is 0 Å². The Morgan fingerprint density at radius 3 is 2.34 bits per heavy atom. The van der Waals surface area contributed by atoms with Crippen molar-refractivity contribution in [2.75, 3.05) is 13.6 Å². The Kier molecular flexibility index (Phi) is 7.31. The normalized spacial score (nSPS) is 28.1. The van der Waals surface area contributed by atoms with Crippen molar-refractivity contribution in [1.82, 2.24) is 9.21 Å². The van der Waals surface area contributed by atoms with E-state index in [1.807, 2.05) is 37.3 Å². The van der Waals surface area contributed by atoms with Gasteiger partial charge in [-0.2, -0.15) is 0 Å². The van der Waals surface area contributed by atoms with Crippen molar-refractivity contribution >= 4 is 45.1 Å². The number of amides is 1. The number of carboxylic acid groups (broad SMARTS) is 1. The van der Waals surface area contributed by atoms with Crippen molar-refractivity contribution in [3.8, 4) is 0 Å². The molecule has 1 amide bonds. The third-order valence-corrected chi connectivity index (χ3v) is 11.3. The molecule has 1 N–H and O–H groups in total. The van der Waals surface area contributed by atoms with E-state index in [4.69, 9.17) is 23.2 Å². The smallest absolute Gasteiger partial charge is 0.307 e. The zero-order valence-electron chi connectivity index (χ0n) is 21.4. The van der Waals surface area contributed by atoms with Crippen LogP contribution in [0.5, 0.6) is 0 Å². The van der Waals surface area contributed by atoms with Gasteiger partial charge in [-0.25, -0.2) is 12.7 Å². The second-order valence-corrected chi connectivity index (χ2v) is 14.1. The minimum absolute atomic E-state index is 0.140. The van der Waals surface area contributed by atoms with Crippen LogP contribution in [0, 0.1) is 11.3 Å². The summed E-state index contributed by atoms with van der Waals surface area (Å²) < 4.78 is 27.4. The zero-order chi connectivity index (χ0) is 27.4. The Balaban J connectivity index is 1.63. The zero-order valence-corrected chi connectivity index (χ0v) is 23.7. The average molecular weight is 580 g/mol. The minimum atomic E-state index is -3.46. The molecule has 204 valence electrons. The second kappa shape index (κ2) is 10.1. The van der Waals surface area contributed by atoms with Gasteiger partial charge < -0.3 is 10.0 Å². The van der Waals surface area contributed by atoms with Gasteiger partial charge in [-0.1, -0.05) is 54.4 Å². The van der Waals surface area contributed by atoms with Gasteiger partial charge in [0.1, 0.15) is 0 Å². The van der Waals surface area contributed by atoms with E-state index in [0.717, 1.165) is 11.1 Å². The fraction of sp³-hybridized carbons (Fsp3) is 0.500. The summed E-state index contributed by atoms with van der Waals surface area (Å²) in [6, 6.07) is 13.9. The number of benzene rings is 2. The quantitative estimate of drug-likeness (QED) is 0.433. The van der Waals surface area contributed by atoms with Crippen LogP contribution in [0.25, 0.3) is 0 Å². The molecule has 3 aliphatic rings. The lowest BCUT2D eigenvalue weighted by Gasteiger charge is -2.49. The van der Waals surface area contributed by atoms with E-state index in [1.165, 1.54) is 4.31 Å². The highest BCUT2D eigenvalue weighted by Crippen LogP contribution is 2.65. The van der Waals surface area contributed by atoms with Gasteiger partial charge in [-0.15, -0.1) is 0 Å². The topological polar surface area (TPSA) is 95.0 Å². The Morgan fingerprint density at radius 2 is 1.79 bits per heavy atom. The van der Waals surface area contributed by atoms with Crippen LogP contribution in [0.1, 0.15) is 62.1 Å². The van der Waals surface area contributed by atoms with Crippen molar-refractivity contribution < 1.29 is 23.1 Å². The van der Waals surface area contributed by atoms with Crippen LogP contribution < -0.4 is 0 Å². The molecule has 1 heterocycles. The van der Waals surface area contributed by atoms with E-state index in [-0.39, 0.29) is 30.0 Å². The predicted octanol–water partition coefficient (Wildman–Crippen LogP) is 5.34. The molecule has 1 spiro atoms. The van der Waals surface area contributed by atoms with Crippen molar-refractivity contribution in [3.05, 3.63) is 69.7 Å². The lowest BCUT2D eigenvalue weighted by molar-refractivity contribution is -0.154. The monoisotopic (exact) mass is 578 g/mol. The molecule has 1 saturated heterocycles. The van der Waals surface area contributed by atoms with Crippen LogP contribution in [0.3, 0.4) is 0 Å². The highest BCUT2D eigenvalue weighted by atomic mass is 35.5. The van der Waals surface area contributed by atoms with Crippen LogP contribution >= 0.6 is 23.2 Å².